The van der Waals surface area contributed by atoms with Crippen LogP contribution in [0.3, 0.4) is 0 Å². The van der Waals surface area contributed by atoms with Gasteiger partial charge in [-0.25, -0.2) is 19.4 Å². The van der Waals surface area contributed by atoms with Gasteiger partial charge in [-0.1, -0.05) is 41.5 Å². The zero-order valence-corrected chi connectivity index (χ0v) is 14.7. The molecular weight excluding hydrogens is 283 g/mol. The number of aromatic nitrogens is 2. The molecule has 0 fully saturated rings. The first-order valence-electron chi connectivity index (χ1n) is 7.67. The van der Waals surface area contributed by atoms with Gasteiger partial charge in [0.2, 0.25) is 0 Å². The zero-order valence-electron chi connectivity index (χ0n) is 13.9. The van der Waals surface area contributed by atoms with Crippen molar-refractivity contribution in [3.63, 3.8) is 0 Å². The van der Waals surface area contributed by atoms with Gasteiger partial charge in [0.15, 0.2) is 0 Å². The monoisotopic (exact) mass is 310 g/mol. The molecule has 0 unspecified atom stereocenters. The molecule has 0 saturated carbocycles. The van der Waals surface area contributed by atoms with Crippen molar-refractivity contribution in [2.75, 3.05) is 0 Å². The van der Waals surface area contributed by atoms with Gasteiger partial charge < -0.3 is 4.57 Å². The lowest BCUT2D eigenvalue weighted by atomic mass is 10.3. The largest absolute Gasteiger partial charge is 0.324 e. The molecule has 2 heterocycles. The Morgan fingerprint density at radius 3 is 2.14 bits per heavy atom. The van der Waals surface area contributed by atoms with Gasteiger partial charge in [0.05, 0.1) is 11.3 Å². The minimum Gasteiger partial charge on any atom is -0.324 e. The van der Waals surface area contributed by atoms with Crippen molar-refractivity contribution in [2.45, 2.75) is 63.2 Å². The Kier molecular flexibility index (Phi) is 4.66. The maximum atomic E-state index is 13.9. The van der Waals surface area contributed by atoms with E-state index >= 15 is 0 Å². The smallest absolute Gasteiger partial charge is 0.143 e. The third kappa shape index (κ3) is 2.70. The Hall–Kier alpha value is -1.03. The Bertz CT molecular complexity index is 595. The summed E-state index contributed by atoms with van der Waals surface area (Å²) in [6.07, 6.45) is 3.56. The van der Waals surface area contributed by atoms with E-state index in [1.807, 2.05) is 12.3 Å². The molecule has 0 aliphatic rings. The van der Waals surface area contributed by atoms with E-state index in [9.17, 15) is 4.39 Å². The van der Waals surface area contributed by atoms with E-state index in [0.29, 0.717) is 21.1 Å². The Morgan fingerprint density at radius 2 is 1.62 bits per heavy atom. The molecule has 21 heavy (non-hydrogen) atoms. The van der Waals surface area contributed by atoms with Crippen molar-refractivity contribution < 1.29 is 4.39 Å². The molecule has 0 bridgehead atoms. The second-order valence-electron chi connectivity index (χ2n) is 6.50. The number of fused-ring (bicyclic) bond motifs is 1. The molecule has 0 amide bonds. The summed E-state index contributed by atoms with van der Waals surface area (Å²) in [5.41, 5.74) is 0.772. The summed E-state index contributed by atoms with van der Waals surface area (Å²) >= 11 is 0. The van der Waals surface area contributed by atoms with Crippen LogP contribution in [0, 0.1) is 5.82 Å². The van der Waals surface area contributed by atoms with E-state index in [0.717, 1.165) is 11.5 Å². The molecule has 0 N–H and O–H groups in total. The van der Waals surface area contributed by atoms with E-state index in [-0.39, 0.29) is 5.82 Å². The summed E-state index contributed by atoms with van der Waals surface area (Å²) in [4.78, 5) is 4.40. The third-order valence-corrected chi connectivity index (χ3v) is 10.6. The van der Waals surface area contributed by atoms with Crippen LogP contribution < -0.4 is 0 Å². The van der Waals surface area contributed by atoms with Gasteiger partial charge >= 0.3 is 0 Å². The first-order valence-corrected chi connectivity index (χ1v) is 9.66. The molecule has 0 atom stereocenters. The van der Waals surface area contributed by atoms with Crippen LogP contribution in [-0.4, -0.2) is 25.3 Å². The standard InChI is InChI=1S/C17H27FN2S/c1-12(2)21(13(3)4,14(5)6)11-20-10-8-15-16(18)7-9-19-17(15)20/h7-10,12-14H,11H2,1-6H3. The first kappa shape index (κ1) is 16.3. The van der Waals surface area contributed by atoms with Crippen LogP contribution in [0.5, 0.6) is 0 Å². The van der Waals surface area contributed by atoms with E-state index in [1.54, 1.807) is 6.20 Å². The van der Waals surface area contributed by atoms with Crippen LogP contribution in [0.1, 0.15) is 41.5 Å². The maximum absolute atomic E-state index is 13.9. The fourth-order valence-electron chi connectivity index (χ4n) is 3.48. The van der Waals surface area contributed by atoms with Gasteiger partial charge in [0, 0.05) is 12.4 Å². The highest BCUT2D eigenvalue weighted by Gasteiger charge is 2.35. The first-order chi connectivity index (χ1) is 9.80. The van der Waals surface area contributed by atoms with Crippen LogP contribution in [0.15, 0.2) is 24.5 Å². The molecule has 0 radical (unpaired) electrons. The number of halogens is 1. The predicted octanol–water partition coefficient (Wildman–Crippen LogP) is 5.16. The summed E-state index contributed by atoms with van der Waals surface area (Å²) < 4.78 is 16.0. The molecule has 0 aliphatic carbocycles. The van der Waals surface area contributed by atoms with Crippen LogP contribution in [-0.2, 0) is 5.88 Å². The van der Waals surface area contributed by atoms with Gasteiger partial charge in [-0.2, -0.15) is 0 Å². The SMILES string of the molecule is CC(C)S(Cn1ccc2c(F)ccnc21)(C(C)C)C(C)C. The predicted molar refractivity (Wildman–Crippen MR) is 92.7 cm³/mol. The molecule has 0 spiro atoms. The number of hydrogen-bond donors (Lipinski definition) is 0. The van der Waals surface area contributed by atoms with Crippen LogP contribution in [0.25, 0.3) is 11.0 Å². The lowest BCUT2D eigenvalue weighted by molar-refractivity contribution is 0.638. The summed E-state index contributed by atoms with van der Waals surface area (Å²) in [6, 6.07) is 3.28. The van der Waals surface area contributed by atoms with E-state index in [1.165, 1.54) is 6.07 Å². The van der Waals surface area contributed by atoms with Crippen molar-refractivity contribution in [3.8, 4) is 0 Å². The third-order valence-electron chi connectivity index (χ3n) is 4.60. The summed E-state index contributed by atoms with van der Waals surface area (Å²) in [7, 11) is -0.873. The zero-order chi connectivity index (χ0) is 15.8. The maximum Gasteiger partial charge on any atom is 0.143 e. The number of pyridine rings is 1. The minimum atomic E-state index is -0.873. The van der Waals surface area contributed by atoms with Crippen molar-refractivity contribution >= 4 is 21.1 Å². The average molecular weight is 310 g/mol. The Labute approximate surface area is 129 Å². The van der Waals surface area contributed by atoms with Crippen molar-refractivity contribution in [2.24, 2.45) is 0 Å². The quantitative estimate of drug-likeness (QED) is 0.745. The second kappa shape index (κ2) is 5.99. The molecule has 2 aromatic heterocycles. The average Bonchev–Trinajstić information content (AvgIpc) is 2.79. The van der Waals surface area contributed by atoms with Crippen molar-refractivity contribution in [1.29, 1.82) is 0 Å². The summed E-state index contributed by atoms with van der Waals surface area (Å²) in [5.74, 6) is 0.776. The number of rotatable bonds is 5. The lowest BCUT2D eigenvalue weighted by Gasteiger charge is -2.51. The fourth-order valence-corrected chi connectivity index (χ4v) is 8.33. The minimum absolute atomic E-state index is 0.182. The molecule has 0 aliphatic heterocycles. The fraction of sp³-hybridized carbons (Fsp3) is 0.588. The highest BCUT2D eigenvalue weighted by atomic mass is 32.3. The van der Waals surface area contributed by atoms with Crippen molar-refractivity contribution in [1.82, 2.24) is 9.55 Å². The van der Waals surface area contributed by atoms with Gasteiger partial charge in [-0.05, 0) is 27.9 Å². The van der Waals surface area contributed by atoms with Gasteiger partial charge in [-0.3, -0.25) is 0 Å². The molecule has 2 aromatic rings. The molecule has 4 heteroatoms. The molecule has 0 aromatic carbocycles. The Morgan fingerprint density at radius 1 is 1.05 bits per heavy atom. The van der Waals surface area contributed by atoms with Gasteiger partial charge in [0.1, 0.15) is 11.5 Å². The number of nitrogens with zero attached hydrogens (tertiary/aromatic N) is 2. The lowest BCUT2D eigenvalue weighted by Crippen LogP contribution is -2.31. The second-order valence-corrected chi connectivity index (χ2v) is 11.4. The highest BCUT2D eigenvalue weighted by molar-refractivity contribution is 8.34. The van der Waals surface area contributed by atoms with Gasteiger partial charge in [0.25, 0.3) is 0 Å². The molecule has 2 rings (SSSR count). The topological polar surface area (TPSA) is 17.8 Å². The Balaban J connectivity index is 2.51. The molecular formula is C17H27FN2S. The number of hydrogen-bond acceptors (Lipinski definition) is 1. The van der Waals surface area contributed by atoms with E-state index < -0.39 is 10.0 Å². The molecule has 118 valence electrons. The van der Waals surface area contributed by atoms with E-state index in [4.69, 9.17) is 0 Å². The molecule has 2 nitrogen and oxygen atoms in total. The van der Waals surface area contributed by atoms with Gasteiger partial charge in [-0.15, -0.1) is 0 Å². The normalized spacial score (nSPS) is 13.8. The summed E-state index contributed by atoms with van der Waals surface area (Å²) in [6.45, 7) is 14.0. The van der Waals surface area contributed by atoms with Crippen LogP contribution >= 0.6 is 10.0 Å². The van der Waals surface area contributed by atoms with Crippen molar-refractivity contribution in [3.05, 3.63) is 30.3 Å². The highest BCUT2D eigenvalue weighted by Crippen LogP contribution is 2.61. The van der Waals surface area contributed by atoms with Crippen LogP contribution in [0.2, 0.25) is 0 Å². The van der Waals surface area contributed by atoms with Crippen LogP contribution in [0.4, 0.5) is 4.39 Å². The van der Waals surface area contributed by atoms with E-state index in [2.05, 4.69) is 51.1 Å². The molecule has 0 saturated heterocycles. The summed E-state index contributed by atoms with van der Waals surface area (Å²) in [5, 5.41) is 2.51.